The van der Waals surface area contributed by atoms with Gasteiger partial charge in [-0.3, -0.25) is 14.5 Å². The second-order valence-electron chi connectivity index (χ2n) is 7.74. The van der Waals surface area contributed by atoms with Crippen LogP contribution in [0.3, 0.4) is 0 Å². The summed E-state index contributed by atoms with van der Waals surface area (Å²) in [5.74, 6) is 0.268. The topological polar surface area (TPSA) is 69.6 Å². The Morgan fingerprint density at radius 3 is 2.00 bits per heavy atom. The first-order valence-corrected chi connectivity index (χ1v) is 10.7. The van der Waals surface area contributed by atoms with Gasteiger partial charge in [-0.05, 0) is 29.8 Å². The number of piperazine rings is 1. The molecule has 0 saturated carbocycles. The molecule has 7 nitrogen and oxygen atoms in total. The van der Waals surface area contributed by atoms with Gasteiger partial charge in [-0.15, -0.1) is 0 Å². The average Bonchev–Trinajstić information content (AvgIpc) is 3.11. The van der Waals surface area contributed by atoms with E-state index in [4.69, 9.17) is 0 Å². The molecule has 5 rings (SSSR count). The van der Waals surface area contributed by atoms with Crippen LogP contribution < -0.4 is 4.90 Å². The first-order chi connectivity index (χ1) is 15.7. The molecule has 32 heavy (non-hydrogen) atoms. The summed E-state index contributed by atoms with van der Waals surface area (Å²) < 4.78 is 0. The molecule has 3 heterocycles. The molecule has 0 atom stereocenters. The first-order valence-electron chi connectivity index (χ1n) is 10.7. The Bertz CT molecular complexity index is 1120. The predicted molar refractivity (Wildman–Crippen MR) is 122 cm³/mol. The summed E-state index contributed by atoms with van der Waals surface area (Å²) in [5.41, 5.74) is 3.04. The van der Waals surface area contributed by atoms with Gasteiger partial charge in [0.1, 0.15) is 0 Å². The third-order valence-electron chi connectivity index (χ3n) is 5.87. The van der Waals surface area contributed by atoms with Crippen molar-refractivity contribution in [2.24, 2.45) is 0 Å². The van der Waals surface area contributed by atoms with E-state index in [0.29, 0.717) is 11.1 Å². The van der Waals surface area contributed by atoms with E-state index < -0.39 is 0 Å². The molecule has 3 aromatic rings. The molecule has 2 aliphatic rings. The Kier molecular flexibility index (Phi) is 5.37. The molecule has 0 N–H and O–H groups in total. The number of fused-ring (bicyclic) bond motifs is 1. The minimum absolute atomic E-state index is 0.235. The number of benzene rings is 2. The molecule has 1 fully saturated rings. The van der Waals surface area contributed by atoms with Crippen LogP contribution in [0, 0.1) is 0 Å². The monoisotopic (exact) mass is 425 g/mol. The lowest BCUT2D eigenvalue weighted by Gasteiger charge is -2.37. The normalized spacial score (nSPS) is 16.5. The minimum atomic E-state index is -0.236. The van der Waals surface area contributed by atoms with Crippen molar-refractivity contribution in [1.82, 2.24) is 19.8 Å². The second-order valence-corrected chi connectivity index (χ2v) is 7.74. The van der Waals surface area contributed by atoms with Crippen molar-refractivity contribution in [2.45, 2.75) is 0 Å². The van der Waals surface area contributed by atoms with E-state index in [0.717, 1.165) is 43.4 Å². The fourth-order valence-electron chi connectivity index (χ4n) is 4.22. The van der Waals surface area contributed by atoms with E-state index in [-0.39, 0.29) is 18.4 Å². The Hall–Kier alpha value is -4.00. The zero-order chi connectivity index (χ0) is 21.9. The van der Waals surface area contributed by atoms with Crippen LogP contribution in [-0.2, 0) is 0 Å². The van der Waals surface area contributed by atoms with Gasteiger partial charge in [-0.1, -0.05) is 42.5 Å². The molecule has 160 valence electrons. The van der Waals surface area contributed by atoms with Crippen molar-refractivity contribution in [3.05, 3.63) is 95.8 Å². The van der Waals surface area contributed by atoms with Gasteiger partial charge in [0.2, 0.25) is 5.95 Å². The van der Waals surface area contributed by atoms with Crippen LogP contribution in [0.25, 0.3) is 5.70 Å². The van der Waals surface area contributed by atoms with Gasteiger partial charge in [-0.2, -0.15) is 0 Å². The fourth-order valence-corrected chi connectivity index (χ4v) is 4.22. The van der Waals surface area contributed by atoms with E-state index in [2.05, 4.69) is 31.9 Å². The SMILES string of the molecule is O=C1c2ccccc2C(=O)N1C/C=C(\c1ccccc1)N1CCN(c2ncccn2)CC1. The van der Waals surface area contributed by atoms with Crippen LogP contribution in [0.1, 0.15) is 26.3 Å². The Labute approximate surface area is 186 Å². The molecule has 2 amide bonds. The molecule has 2 aromatic carbocycles. The number of anilines is 1. The highest BCUT2D eigenvalue weighted by molar-refractivity contribution is 6.21. The molecule has 0 unspecified atom stereocenters. The zero-order valence-electron chi connectivity index (χ0n) is 17.6. The summed E-state index contributed by atoms with van der Waals surface area (Å²) in [6.45, 7) is 3.41. The lowest BCUT2D eigenvalue weighted by atomic mass is 10.1. The van der Waals surface area contributed by atoms with Crippen LogP contribution in [0.2, 0.25) is 0 Å². The lowest BCUT2D eigenvalue weighted by molar-refractivity contribution is 0.0672. The van der Waals surface area contributed by atoms with Crippen molar-refractivity contribution < 1.29 is 9.59 Å². The maximum absolute atomic E-state index is 12.8. The number of imide groups is 1. The Balaban J connectivity index is 1.36. The predicted octanol–water partition coefficient (Wildman–Crippen LogP) is 2.94. The highest BCUT2D eigenvalue weighted by atomic mass is 16.2. The van der Waals surface area contributed by atoms with Gasteiger partial charge < -0.3 is 9.80 Å². The van der Waals surface area contributed by atoms with Gasteiger partial charge in [-0.25, -0.2) is 9.97 Å². The van der Waals surface area contributed by atoms with Gasteiger partial charge in [0.15, 0.2) is 0 Å². The standard InChI is InChI=1S/C25H23N5O2/c31-23-20-9-4-5-10-21(20)24(32)30(23)14-11-22(19-7-2-1-3-8-19)28-15-17-29(18-16-28)25-26-12-6-13-27-25/h1-13H,14-18H2/b22-11+. The van der Waals surface area contributed by atoms with Crippen molar-refractivity contribution in [3.8, 4) is 0 Å². The maximum atomic E-state index is 12.8. The van der Waals surface area contributed by atoms with Crippen LogP contribution in [0.4, 0.5) is 5.95 Å². The summed E-state index contributed by atoms with van der Waals surface area (Å²) in [6, 6.07) is 18.9. The van der Waals surface area contributed by atoms with Crippen LogP contribution in [0.15, 0.2) is 79.1 Å². The lowest BCUT2D eigenvalue weighted by Crippen LogP contribution is -2.46. The van der Waals surface area contributed by atoms with Crippen LogP contribution in [0.5, 0.6) is 0 Å². The maximum Gasteiger partial charge on any atom is 0.261 e. The van der Waals surface area contributed by atoms with Crippen molar-refractivity contribution in [3.63, 3.8) is 0 Å². The summed E-state index contributed by atoms with van der Waals surface area (Å²) in [7, 11) is 0. The van der Waals surface area contributed by atoms with Gasteiger partial charge >= 0.3 is 0 Å². The number of carbonyl (C=O) groups is 2. The Morgan fingerprint density at radius 2 is 1.38 bits per heavy atom. The molecule has 0 spiro atoms. The van der Waals surface area contributed by atoms with Crippen molar-refractivity contribution in [1.29, 1.82) is 0 Å². The van der Waals surface area contributed by atoms with E-state index in [1.165, 1.54) is 4.90 Å². The van der Waals surface area contributed by atoms with Crippen molar-refractivity contribution >= 4 is 23.5 Å². The average molecular weight is 425 g/mol. The smallest absolute Gasteiger partial charge is 0.261 e. The third-order valence-corrected chi connectivity index (χ3v) is 5.87. The molecule has 1 saturated heterocycles. The minimum Gasteiger partial charge on any atom is -0.368 e. The number of hydrogen-bond acceptors (Lipinski definition) is 6. The number of hydrogen-bond donors (Lipinski definition) is 0. The van der Waals surface area contributed by atoms with Crippen LogP contribution in [-0.4, -0.2) is 64.3 Å². The highest BCUT2D eigenvalue weighted by Crippen LogP contribution is 2.25. The third kappa shape index (κ3) is 3.73. The first kappa shape index (κ1) is 19.9. The number of nitrogens with zero attached hydrogens (tertiary/aromatic N) is 5. The van der Waals surface area contributed by atoms with Gasteiger partial charge in [0.25, 0.3) is 11.8 Å². The largest absolute Gasteiger partial charge is 0.368 e. The van der Waals surface area contributed by atoms with E-state index >= 15 is 0 Å². The molecule has 0 radical (unpaired) electrons. The summed E-state index contributed by atoms with van der Waals surface area (Å²) in [5, 5.41) is 0. The van der Waals surface area contributed by atoms with E-state index in [9.17, 15) is 9.59 Å². The van der Waals surface area contributed by atoms with E-state index in [1.807, 2.05) is 30.3 Å². The number of carbonyl (C=O) groups excluding carboxylic acids is 2. The van der Waals surface area contributed by atoms with Gasteiger partial charge in [0.05, 0.1) is 11.1 Å². The second kappa shape index (κ2) is 8.63. The van der Waals surface area contributed by atoms with Gasteiger partial charge in [0, 0.05) is 50.8 Å². The number of amides is 2. The van der Waals surface area contributed by atoms with Crippen LogP contribution >= 0.6 is 0 Å². The van der Waals surface area contributed by atoms with E-state index in [1.54, 1.807) is 36.7 Å². The molecular weight excluding hydrogens is 402 g/mol. The molecule has 1 aromatic heterocycles. The quantitative estimate of drug-likeness (QED) is 0.586. The number of aromatic nitrogens is 2. The molecule has 0 aliphatic carbocycles. The molecule has 7 heteroatoms. The summed E-state index contributed by atoms with van der Waals surface area (Å²) in [6.07, 6.45) is 5.50. The number of rotatable bonds is 5. The molecule has 2 aliphatic heterocycles. The summed E-state index contributed by atoms with van der Waals surface area (Å²) >= 11 is 0. The highest BCUT2D eigenvalue weighted by Gasteiger charge is 2.34. The molecule has 0 bridgehead atoms. The summed E-state index contributed by atoms with van der Waals surface area (Å²) in [4.78, 5) is 40.0. The van der Waals surface area contributed by atoms with Crippen molar-refractivity contribution in [2.75, 3.05) is 37.6 Å². The zero-order valence-corrected chi connectivity index (χ0v) is 17.6. The fraction of sp³-hybridized carbons (Fsp3) is 0.200. The Morgan fingerprint density at radius 1 is 0.781 bits per heavy atom. The molecular formula is C25H23N5O2.